The first-order valence-corrected chi connectivity index (χ1v) is 7.76. The molecule has 3 aromatic heterocycles. The number of halogens is 1. The number of ether oxygens (including phenoxy) is 1. The molecule has 0 amide bonds. The van der Waals surface area contributed by atoms with Gasteiger partial charge >= 0.3 is 6.01 Å². The van der Waals surface area contributed by atoms with Gasteiger partial charge in [-0.15, -0.1) is 10.2 Å². The number of nitrogens with zero attached hydrogens (tertiary/aromatic N) is 7. The van der Waals surface area contributed by atoms with Crippen molar-refractivity contribution in [3.63, 3.8) is 0 Å². The first kappa shape index (κ1) is 14.7. The maximum absolute atomic E-state index is 12.8. The molecule has 0 radical (unpaired) electrons. The summed E-state index contributed by atoms with van der Waals surface area (Å²) in [6, 6.07) is 0.211. The van der Waals surface area contributed by atoms with E-state index in [1.54, 1.807) is 6.20 Å². The van der Waals surface area contributed by atoms with E-state index in [9.17, 15) is 4.39 Å². The van der Waals surface area contributed by atoms with Crippen LogP contribution in [0.4, 0.5) is 10.2 Å². The van der Waals surface area contributed by atoms with E-state index >= 15 is 0 Å². The quantitative estimate of drug-likeness (QED) is 0.718. The summed E-state index contributed by atoms with van der Waals surface area (Å²) in [5, 5.41) is 8.31. The molecule has 0 aromatic carbocycles. The largest absolute Gasteiger partial charge is 0.460 e. The van der Waals surface area contributed by atoms with Crippen molar-refractivity contribution in [3.05, 3.63) is 36.4 Å². The Morgan fingerprint density at radius 3 is 2.62 bits per heavy atom. The lowest BCUT2D eigenvalue weighted by Gasteiger charge is -2.32. The fourth-order valence-electron chi connectivity index (χ4n) is 2.85. The third-order valence-corrected chi connectivity index (χ3v) is 4.09. The molecule has 0 atom stereocenters. The van der Waals surface area contributed by atoms with Gasteiger partial charge in [-0.25, -0.2) is 19.3 Å². The molecule has 1 saturated heterocycles. The summed E-state index contributed by atoms with van der Waals surface area (Å²) in [5.74, 6) is 1.19. The van der Waals surface area contributed by atoms with E-state index in [2.05, 4.69) is 30.0 Å². The normalized spacial score (nSPS) is 15.8. The predicted octanol–water partition coefficient (Wildman–Crippen LogP) is 1.41. The van der Waals surface area contributed by atoms with Gasteiger partial charge in [0.2, 0.25) is 5.65 Å². The van der Waals surface area contributed by atoms with Gasteiger partial charge in [-0.05, 0) is 6.92 Å². The van der Waals surface area contributed by atoms with Crippen LogP contribution in [0, 0.1) is 12.7 Å². The van der Waals surface area contributed by atoms with E-state index in [0.717, 1.165) is 55.6 Å². The molecule has 4 rings (SSSR count). The van der Waals surface area contributed by atoms with Crippen LogP contribution in [0.3, 0.4) is 0 Å². The number of aromatic nitrogens is 6. The molecule has 0 N–H and O–H groups in total. The molecule has 0 saturated carbocycles. The van der Waals surface area contributed by atoms with Crippen LogP contribution in [-0.2, 0) is 0 Å². The van der Waals surface area contributed by atoms with Crippen molar-refractivity contribution in [1.29, 1.82) is 0 Å². The highest BCUT2D eigenvalue weighted by Crippen LogP contribution is 2.23. The SMILES string of the molecule is Cc1nnc2c(N3CCC(Oc4ncc(F)cn4)CC3)nccn12. The molecule has 0 unspecified atom stereocenters. The Morgan fingerprint density at radius 2 is 1.88 bits per heavy atom. The number of aryl methyl sites for hydroxylation is 1. The lowest BCUT2D eigenvalue weighted by Crippen LogP contribution is -2.39. The molecule has 3 aromatic rings. The summed E-state index contributed by atoms with van der Waals surface area (Å²) < 4.78 is 20.5. The van der Waals surface area contributed by atoms with Crippen LogP contribution in [0.2, 0.25) is 0 Å². The van der Waals surface area contributed by atoms with Crippen LogP contribution in [0.1, 0.15) is 18.7 Å². The van der Waals surface area contributed by atoms with Gasteiger partial charge in [-0.3, -0.25) is 4.40 Å². The summed E-state index contributed by atoms with van der Waals surface area (Å²) in [4.78, 5) is 14.3. The first-order valence-electron chi connectivity index (χ1n) is 7.76. The lowest BCUT2D eigenvalue weighted by molar-refractivity contribution is 0.156. The number of hydrogen-bond donors (Lipinski definition) is 0. The average molecular weight is 329 g/mol. The van der Waals surface area contributed by atoms with Gasteiger partial charge in [0.05, 0.1) is 12.4 Å². The molecular formula is C15H16FN7O. The van der Waals surface area contributed by atoms with E-state index in [-0.39, 0.29) is 12.1 Å². The number of anilines is 1. The van der Waals surface area contributed by atoms with Crippen LogP contribution in [0.5, 0.6) is 6.01 Å². The molecule has 4 heterocycles. The van der Waals surface area contributed by atoms with Crippen molar-refractivity contribution in [1.82, 2.24) is 29.5 Å². The van der Waals surface area contributed by atoms with E-state index in [1.807, 2.05) is 17.5 Å². The van der Waals surface area contributed by atoms with Crippen molar-refractivity contribution >= 4 is 11.5 Å². The van der Waals surface area contributed by atoms with Gasteiger partial charge in [0.15, 0.2) is 11.6 Å². The number of rotatable bonds is 3. The molecule has 1 aliphatic rings. The van der Waals surface area contributed by atoms with E-state index in [4.69, 9.17) is 4.74 Å². The summed E-state index contributed by atoms with van der Waals surface area (Å²) in [6.45, 7) is 3.47. The number of piperidine rings is 1. The molecule has 1 aliphatic heterocycles. The molecular weight excluding hydrogens is 313 g/mol. The standard InChI is InChI=1S/C15H16FN7O/c1-10-20-21-14-13(17-4-7-23(10)14)22-5-2-12(3-6-22)24-15-18-8-11(16)9-19-15/h4,7-9,12H,2-3,5-6H2,1H3. The van der Waals surface area contributed by atoms with E-state index in [1.165, 1.54) is 0 Å². The van der Waals surface area contributed by atoms with Crippen LogP contribution < -0.4 is 9.64 Å². The predicted molar refractivity (Wildman–Crippen MR) is 83.4 cm³/mol. The molecule has 24 heavy (non-hydrogen) atoms. The maximum atomic E-state index is 12.8. The van der Waals surface area contributed by atoms with Crippen molar-refractivity contribution in [3.8, 4) is 6.01 Å². The topological polar surface area (TPSA) is 81.3 Å². The van der Waals surface area contributed by atoms with E-state index in [0.29, 0.717) is 0 Å². The zero-order valence-electron chi connectivity index (χ0n) is 13.1. The first-order chi connectivity index (χ1) is 11.7. The van der Waals surface area contributed by atoms with Crippen LogP contribution in [-0.4, -0.2) is 48.7 Å². The van der Waals surface area contributed by atoms with Crippen LogP contribution in [0.15, 0.2) is 24.8 Å². The Hall–Kier alpha value is -2.84. The Labute approximate surface area is 137 Å². The van der Waals surface area contributed by atoms with Gasteiger partial charge in [-0.2, -0.15) is 0 Å². The highest BCUT2D eigenvalue weighted by molar-refractivity contribution is 5.63. The third kappa shape index (κ3) is 2.72. The third-order valence-electron chi connectivity index (χ3n) is 4.09. The van der Waals surface area contributed by atoms with Crippen molar-refractivity contribution < 1.29 is 9.13 Å². The van der Waals surface area contributed by atoms with Gasteiger partial charge < -0.3 is 9.64 Å². The van der Waals surface area contributed by atoms with Crippen molar-refractivity contribution in [2.24, 2.45) is 0 Å². The maximum Gasteiger partial charge on any atom is 0.316 e. The minimum Gasteiger partial charge on any atom is -0.460 e. The van der Waals surface area contributed by atoms with Gasteiger partial charge in [0.25, 0.3) is 0 Å². The summed E-state index contributed by atoms with van der Waals surface area (Å²) in [5.41, 5.74) is 0.760. The molecule has 8 nitrogen and oxygen atoms in total. The smallest absolute Gasteiger partial charge is 0.316 e. The average Bonchev–Trinajstić information content (AvgIpc) is 2.99. The summed E-state index contributed by atoms with van der Waals surface area (Å²) >= 11 is 0. The fraction of sp³-hybridized carbons (Fsp3) is 0.400. The molecule has 0 aliphatic carbocycles. The Balaban J connectivity index is 1.44. The minimum absolute atomic E-state index is 0.00560. The van der Waals surface area contributed by atoms with Crippen LogP contribution >= 0.6 is 0 Å². The zero-order chi connectivity index (χ0) is 16.5. The second-order valence-corrected chi connectivity index (χ2v) is 5.68. The highest BCUT2D eigenvalue weighted by atomic mass is 19.1. The van der Waals surface area contributed by atoms with E-state index < -0.39 is 5.82 Å². The summed E-state index contributed by atoms with van der Waals surface area (Å²) in [6.07, 6.45) is 7.44. The fourth-order valence-corrected chi connectivity index (χ4v) is 2.85. The number of hydrogen-bond acceptors (Lipinski definition) is 7. The number of fused-ring (bicyclic) bond motifs is 1. The van der Waals surface area contributed by atoms with Gasteiger partial charge in [-0.1, -0.05) is 0 Å². The highest BCUT2D eigenvalue weighted by Gasteiger charge is 2.24. The molecule has 0 bridgehead atoms. The summed E-state index contributed by atoms with van der Waals surface area (Å²) in [7, 11) is 0. The molecule has 124 valence electrons. The Kier molecular flexibility index (Phi) is 3.68. The minimum atomic E-state index is -0.472. The zero-order valence-corrected chi connectivity index (χ0v) is 13.1. The Morgan fingerprint density at radius 1 is 1.12 bits per heavy atom. The Bertz CT molecular complexity index is 843. The second kappa shape index (κ2) is 5.99. The van der Waals surface area contributed by atoms with Gasteiger partial charge in [0.1, 0.15) is 11.9 Å². The second-order valence-electron chi connectivity index (χ2n) is 5.68. The van der Waals surface area contributed by atoms with Gasteiger partial charge in [0, 0.05) is 38.3 Å². The molecule has 0 spiro atoms. The molecule has 9 heteroatoms. The monoisotopic (exact) mass is 329 g/mol. The van der Waals surface area contributed by atoms with Crippen LogP contribution in [0.25, 0.3) is 5.65 Å². The van der Waals surface area contributed by atoms with Crippen molar-refractivity contribution in [2.75, 3.05) is 18.0 Å². The molecule has 1 fully saturated rings. The van der Waals surface area contributed by atoms with Crippen molar-refractivity contribution in [2.45, 2.75) is 25.9 Å². The lowest BCUT2D eigenvalue weighted by atomic mass is 10.1.